The smallest absolute Gasteiger partial charge is 0.312 e. The van der Waals surface area contributed by atoms with Gasteiger partial charge in [-0.25, -0.2) is 4.99 Å². The van der Waals surface area contributed by atoms with Gasteiger partial charge in [-0.2, -0.15) is 0 Å². The van der Waals surface area contributed by atoms with E-state index in [0.717, 1.165) is 0 Å². The van der Waals surface area contributed by atoms with Gasteiger partial charge in [0, 0.05) is 64.8 Å². The number of ketones is 2. The molecule has 16 heteroatoms. The molecule has 2 aromatic rings. The van der Waals surface area contributed by atoms with E-state index >= 15 is 0 Å². The number of aromatic hydroxyl groups is 2. The minimum absolute atomic E-state index is 0.0315. The van der Waals surface area contributed by atoms with Crippen molar-refractivity contribution in [3.05, 3.63) is 86.8 Å². The number of carbonyl (C=O) groups excluding carboxylic acids is 4. The van der Waals surface area contributed by atoms with Crippen LogP contribution in [0.1, 0.15) is 73.4 Å². The van der Waals surface area contributed by atoms with Gasteiger partial charge in [-0.15, -0.1) is 11.8 Å². The van der Waals surface area contributed by atoms with Gasteiger partial charge < -0.3 is 44.3 Å². The number of phenolic OH excluding ortho intramolecular Hbond substituents is 2. The van der Waals surface area contributed by atoms with Crippen LogP contribution >= 0.6 is 27.7 Å². The predicted molar refractivity (Wildman–Crippen MR) is 222 cm³/mol. The third-order valence-electron chi connectivity index (χ3n) is 11.2. The molecule has 1 amide bonds. The Kier molecular flexibility index (Phi) is 12.7. The minimum Gasteiger partial charge on any atom is -0.507 e. The Morgan fingerprint density at radius 1 is 1.03 bits per heavy atom. The highest BCUT2D eigenvalue weighted by Crippen LogP contribution is 2.49. The molecular formula is C43H47BrN2O12S. The van der Waals surface area contributed by atoms with Crippen LogP contribution in [-0.2, 0) is 28.5 Å². The number of esters is 1. The summed E-state index contributed by atoms with van der Waals surface area (Å²) in [5.74, 6) is -6.84. The number of benzene rings is 2. The third kappa shape index (κ3) is 8.12. The normalized spacial score (nSPS) is 32.2. The molecule has 9 atom stereocenters. The Balaban J connectivity index is 1.54. The molecule has 0 aromatic heterocycles. The number of halogens is 1. The van der Waals surface area contributed by atoms with Crippen LogP contribution in [0, 0.1) is 24.7 Å². The molecule has 0 radical (unpaired) electrons. The maximum absolute atomic E-state index is 14.6. The van der Waals surface area contributed by atoms with E-state index in [4.69, 9.17) is 28.7 Å². The molecular weight excluding hydrogens is 848 g/mol. The molecule has 2 aromatic carbocycles. The van der Waals surface area contributed by atoms with Gasteiger partial charge in [-0.1, -0.05) is 54.9 Å². The van der Waals surface area contributed by atoms with Crippen molar-refractivity contribution >= 4 is 62.5 Å². The number of aliphatic hydroxyl groups is 1. The predicted octanol–water partition coefficient (Wildman–Crippen LogP) is 6.53. The molecule has 1 aliphatic carbocycles. The summed E-state index contributed by atoms with van der Waals surface area (Å²) >= 11 is 4.67. The number of Topliss-reactive ketones (excluding diaryl/α,β-unsaturated/α-hetero) is 2. The molecule has 14 nitrogen and oxygen atoms in total. The van der Waals surface area contributed by atoms with Gasteiger partial charge in [0.2, 0.25) is 5.78 Å². The first kappa shape index (κ1) is 43.8. The number of thioether (sulfide) groups is 1. The molecule has 0 saturated carbocycles. The van der Waals surface area contributed by atoms with E-state index in [2.05, 4.69) is 21.2 Å². The molecule has 4 heterocycles. The lowest BCUT2D eigenvalue weighted by molar-refractivity contribution is -0.168. The fraction of sp³-hybridized carbons (Fsp3) is 0.419. The molecule has 314 valence electrons. The van der Waals surface area contributed by atoms with Crippen molar-refractivity contribution in [2.24, 2.45) is 22.7 Å². The van der Waals surface area contributed by atoms with Crippen LogP contribution in [0.5, 0.6) is 17.2 Å². The van der Waals surface area contributed by atoms with Gasteiger partial charge in [-0.05, 0) is 44.4 Å². The van der Waals surface area contributed by atoms with E-state index in [9.17, 15) is 34.5 Å². The highest BCUT2D eigenvalue weighted by molar-refractivity contribution is 9.10. The van der Waals surface area contributed by atoms with Crippen LogP contribution in [0.25, 0.3) is 0 Å². The SMILES string of the molecule is CO[C@H]1/C=C/O[C@@]2(C)Oc3c(C)c(O)c4c(c3C2=O)C(=Nc2c(O)cc(Br)cc2SC)C=C(NC(=O)/C(C)=C\C=C\[C@H](C)[C@@H]2O[C@H]([C@H](O)[C@@H]2C)[C@H](OC(C)=O)[C@@H]1C)C4=O. The van der Waals surface area contributed by atoms with Crippen molar-refractivity contribution < 1.29 is 58.2 Å². The highest BCUT2D eigenvalue weighted by atomic mass is 79.9. The molecule has 59 heavy (non-hydrogen) atoms. The number of hydrogen-bond acceptors (Lipinski definition) is 14. The van der Waals surface area contributed by atoms with E-state index in [1.165, 1.54) is 64.1 Å². The lowest BCUT2D eigenvalue weighted by atomic mass is 9.83. The first-order chi connectivity index (χ1) is 27.8. The van der Waals surface area contributed by atoms with Gasteiger partial charge in [-0.3, -0.25) is 19.2 Å². The number of nitrogens with zero attached hydrogens (tertiary/aromatic N) is 1. The molecule has 7 rings (SSSR count). The van der Waals surface area contributed by atoms with Crippen LogP contribution < -0.4 is 10.1 Å². The van der Waals surface area contributed by atoms with Crippen LogP contribution in [-0.4, -0.2) is 94.1 Å². The number of aliphatic imine (C=N–C) groups is 1. The first-order valence-corrected chi connectivity index (χ1v) is 20.9. The maximum Gasteiger partial charge on any atom is 0.312 e. The Hall–Kier alpha value is -4.74. The molecule has 4 aliphatic heterocycles. The molecule has 7 bridgehead atoms. The minimum atomic E-state index is -2.04. The summed E-state index contributed by atoms with van der Waals surface area (Å²) < 4.78 is 30.8. The number of methoxy groups -OCH3 is 1. The number of ether oxygens (including phenoxy) is 5. The van der Waals surface area contributed by atoms with Crippen molar-refractivity contribution in [3.63, 3.8) is 0 Å². The number of amides is 1. The topological polar surface area (TPSA) is 200 Å². The van der Waals surface area contributed by atoms with Gasteiger partial charge in [0.25, 0.3) is 11.7 Å². The lowest BCUT2D eigenvalue weighted by Crippen LogP contribution is -2.46. The molecule has 1 fully saturated rings. The highest BCUT2D eigenvalue weighted by Gasteiger charge is 2.52. The number of carbonyl (C=O) groups is 4. The summed E-state index contributed by atoms with van der Waals surface area (Å²) in [6.45, 7) is 11.2. The molecule has 4 N–H and O–H groups in total. The molecule has 1 saturated heterocycles. The quantitative estimate of drug-likeness (QED) is 0.191. The van der Waals surface area contributed by atoms with E-state index in [1.807, 2.05) is 19.9 Å². The molecule has 0 unspecified atom stereocenters. The number of hydrogen-bond donors (Lipinski definition) is 4. The van der Waals surface area contributed by atoms with E-state index in [1.54, 1.807) is 38.3 Å². The number of fused-ring (bicyclic) bond motifs is 9. The van der Waals surface area contributed by atoms with E-state index < -0.39 is 71.4 Å². The zero-order valence-electron chi connectivity index (χ0n) is 34.0. The Labute approximate surface area is 354 Å². The average Bonchev–Trinajstić information content (AvgIpc) is 3.63. The van der Waals surface area contributed by atoms with Crippen molar-refractivity contribution in [2.45, 2.75) is 89.7 Å². The summed E-state index contributed by atoms with van der Waals surface area (Å²) in [6.07, 6.45) is 6.63. The van der Waals surface area contributed by atoms with Crippen molar-refractivity contribution in [3.8, 4) is 17.2 Å². The Morgan fingerprint density at radius 2 is 1.75 bits per heavy atom. The summed E-state index contributed by atoms with van der Waals surface area (Å²) in [5.41, 5.74) is -0.397. The second kappa shape index (κ2) is 17.1. The summed E-state index contributed by atoms with van der Waals surface area (Å²) in [5, 5.41) is 36.9. The maximum atomic E-state index is 14.6. The van der Waals surface area contributed by atoms with Crippen molar-refractivity contribution in [1.82, 2.24) is 5.32 Å². The van der Waals surface area contributed by atoms with Gasteiger partial charge >= 0.3 is 11.8 Å². The van der Waals surface area contributed by atoms with Gasteiger partial charge in [0.1, 0.15) is 35.1 Å². The van der Waals surface area contributed by atoms with Crippen molar-refractivity contribution in [2.75, 3.05) is 13.4 Å². The molecule has 0 spiro atoms. The zero-order chi connectivity index (χ0) is 43.2. The summed E-state index contributed by atoms with van der Waals surface area (Å²) in [4.78, 5) is 60.3. The number of phenols is 2. The van der Waals surface area contributed by atoms with Crippen LogP contribution in [0.15, 0.2) is 74.4 Å². The molecule has 5 aliphatic rings. The van der Waals surface area contributed by atoms with E-state index in [-0.39, 0.29) is 68.3 Å². The van der Waals surface area contributed by atoms with Crippen LogP contribution in [0.4, 0.5) is 5.69 Å². The van der Waals surface area contributed by atoms with Gasteiger partial charge in [0.05, 0.1) is 47.1 Å². The van der Waals surface area contributed by atoms with Crippen LogP contribution in [0.3, 0.4) is 0 Å². The summed E-state index contributed by atoms with van der Waals surface area (Å²) in [7, 11) is 1.45. The number of aliphatic hydroxyl groups excluding tert-OH is 1. The third-order valence-corrected chi connectivity index (χ3v) is 12.4. The second-order valence-corrected chi connectivity index (χ2v) is 17.0. The van der Waals surface area contributed by atoms with E-state index in [0.29, 0.717) is 9.37 Å². The Bertz CT molecular complexity index is 2270. The van der Waals surface area contributed by atoms with Crippen molar-refractivity contribution in [1.29, 1.82) is 0 Å². The first-order valence-electron chi connectivity index (χ1n) is 18.9. The van der Waals surface area contributed by atoms with Crippen LogP contribution in [0.2, 0.25) is 0 Å². The average molecular weight is 896 g/mol. The van der Waals surface area contributed by atoms with Gasteiger partial charge in [0.15, 0.2) is 0 Å². The largest absolute Gasteiger partial charge is 0.507 e. The monoisotopic (exact) mass is 894 g/mol. The zero-order valence-corrected chi connectivity index (χ0v) is 36.4. The fourth-order valence-electron chi connectivity index (χ4n) is 7.85. The summed E-state index contributed by atoms with van der Waals surface area (Å²) in [6, 6.07) is 3.18. The second-order valence-electron chi connectivity index (χ2n) is 15.2. The lowest BCUT2D eigenvalue weighted by Gasteiger charge is -2.33. The number of allylic oxidation sites excluding steroid dienone is 4. The number of rotatable bonds is 4. The number of nitrogens with one attached hydrogen (secondary N) is 1. The standard InChI is InChI=1S/C43H47BrN2O12S/c1-18-11-10-12-19(2)42(53)46-26-17-25(45-33-27(48)15-24(44)16-29(33)59-9)30-31(36(26)51)34(49)21(4)38-32(30)41(52)43(7,58-38)55-14-13-28(54-8)20(3)39(56-23(6)47)40-35(50)22(5)37(18)57-40/h10-18,20,22,28,35,37,39-40,48-50H,1-9H3,(H,46,53)/b11-10+,14-13+,19-12-,45-25?/t18-,20+,22-,28-,35+,37-,39+,40+,43-/m0/s1. The fourth-order valence-corrected chi connectivity index (χ4v) is 9.03. The Morgan fingerprint density at radius 3 is 2.41 bits per heavy atom.